The Morgan fingerprint density at radius 1 is 1.15 bits per heavy atom. The summed E-state index contributed by atoms with van der Waals surface area (Å²) >= 11 is 1.80. The molecule has 0 heterocycles. The van der Waals surface area contributed by atoms with Crippen LogP contribution in [0, 0.1) is 0 Å². The number of benzene rings is 1. The Bertz CT molecular complexity index is 371. The molecule has 0 spiro atoms. The van der Waals surface area contributed by atoms with Crippen LogP contribution in [-0.4, -0.2) is 18.7 Å². The highest BCUT2D eigenvalue weighted by Gasteiger charge is 2.02. The van der Waals surface area contributed by atoms with Crippen LogP contribution in [0.5, 0.6) is 0 Å². The van der Waals surface area contributed by atoms with E-state index in [1.165, 1.54) is 5.56 Å². The molecule has 5 heteroatoms. The Labute approximate surface area is 132 Å². The Kier molecular flexibility index (Phi) is 11.6. The first kappa shape index (κ1) is 19.3. The lowest BCUT2D eigenvalue weighted by Gasteiger charge is -2.06. The molecule has 0 bridgehead atoms. The van der Waals surface area contributed by atoms with Crippen LogP contribution in [0.25, 0.3) is 0 Å². The predicted molar refractivity (Wildman–Crippen MR) is 91.7 cm³/mol. The van der Waals surface area contributed by atoms with Crippen molar-refractivity contribution in [3.63, 3.8) is 0 Å². The van der Waals surface area contributed by atoms with E-state index < -0.39 is 0 Å². The van der Waals surface area contributed by atoms with E-state index in [1.54, 1.807) is 11.8 Å². The van der Waals surface area contributed by atoms with Crippen molar-refractivity contribution in [3.8, 4) is 0 Å². The van der Waals surface area contributed by atoms with Crippen molar-refractivity contribution in [1.29, 1.82) is 0 Å². The number of nitrogens with two attached hydrogens (primary N) is 1. The van der Waals surface area contributed by atoms with Gasteiger partial charge in [0.15, 0.2) is 0 Å². The number of hydrogen-bond acceptors (Lipinski definition) is 3. The Hall–Kier alpha value is -0.710. The Morgan fingerprint density at radius 3 is 2.40 bits per heavy atom. The molecule has 114 valence electrons. The molecule has 1 aromatic carbocycles. The Morgan fingerprint density at radius 2 is 1.80 bits per heavy atom. The summed E-state index contributed by atoms with van der Waals surface area (Å²) in [5, 5.41) is 2.93. The molecule has 1 amide bonds. The van der Waals surface area contributed by atoms with E-state index >= 15 is 0 Å². The highest BCUT2D eigenvalue weighted by molar-refractivity contribution is 7.97. The number of hydrogen-bond donors (Lipinski definition) is 2. The van der Waals surface area contributed by atoms with Gasteiger partial charge in [0, 0.05) is 17.9 Å². The van der Waals surface area contributed by atoms with Crippen LogP contribution >= 0.6 is 24.2 Å². The lowest BCUT2D eigenvalue weighted by Crippen LogP contribution is -2.11. The molecule has 20 heavy (non-hydrogen) atoms. The SMILES string of the molecule is CSCc1ccc(NC(=O)CCCCCCN)cc1.Cl. The summed E-state index contributed by atoms with van der Waals surface area (Å²) in [6.45, 7) is 0.745. The summed E-state index contributed by atoms with van der Waals surface area (Å²) in [6, 6.07) is 8.07. The second kappa shape index (κ2) is 12.1. The van der Waals surface area contributed by atoms with Crippen LogP contribution in [0.3, 0.4) is 0 Å². The number of thioether (sulfide) groups is 1. The number of rotatable bonds is 9. The van der Waals surface area contributed by atoms with Gasteiger partial charge in [0.1, 0.15) is 0 Å². The Balaban J connectivity index is 0.00000361. The number of amides is 1. The maximum atomic E-state index is 11.7. The van der Waals surface area contributed by atoms with Crippen LogP contribution in [0.1, 0.15) is 37.7 Å². The second-order valence-corrected chi connectivity index (χ2v) is 5.50. The smallest absolute Gasteiger partial charge is 0.224 e. The molecule has 1 aromatic rings. The zero-order chi connectivity index (χ0) is 13.9. The zero-order valence-electron chi connectivity index (χ0n) is 12.1. The van der Waals surface area contributed by atoms with E-state index in [4.69, 9.17) is 5.73 Å². The van der Waals surface area contributed by atoms with E-state index in [-0.39, 0.29) is 18.3 Å². The molecule has 0 aliphatic heterocycles. The fourth-order valence-corrected chi connectivity index (χ4v) is 2.38. The first-order chi connectivity index (χ1) is 9.26. The summed E-state index contributed by atoms with van der Waals surface area (Å²) in [7, 11) is 0. The first-order valence-corrected chi connectivity index (χ1v) is 8.23. The molecule has 3 nitrogen and oxygen atoms in total. The lowest BCUT2D eigenvalue weighted by molar-refractivity contribution is -0.116. The molecule has 0 saturated carbocycles. The molecular weight excluding hydrogens is 292 g/mol. The van der Waals surface area contributed by atoms with Crippen molar-refractivity contribution in [1.82, 2.24) is 0 Å². The van der Waals surface area contributed by atoms with E-state index in [0.29, 0.717) is 6.42 Å². The number of carbonyl (C=O) groups is 1. The molecule has 0 aromatic heterocycles. The summed E-state index contributed by atoms with van der Waals surface area (Å²) < 4.78 is 0. The van der Waals surface area contributed by atoms with Gasteiger partial charge < -0.3 is 11.1 Å². The molecule has 0 fully saturated rings. The molecule has 0 atom stereocenters. The molecule has 0 unspecified atom stereocenters. The summed E-state index contributed by atoms with van der Waals surface area (Å²) in [5.74, 6) is 1.11. The van der Waals surface area contributed by atoms with Crippen molar-refractivity contribution in [3.05, 3.63) is 29.8 Å². The highest BCUT2D eigenvalue weighted by atomic mass is 35.5. The lowest BCUT2D eigenvalue weighted by atomic mass is 10.1. The maximum absolute atomic E-state index is 11.7. The second-order valence-electron chi connectivity index (χ2n) is 4.63. The van der Waals surface area contributed by atoms with Gasteiger partial charge >= 0.3 is 0 Å². The molecule has 1 rings (SSSR count). The van der Waals surface area contributed by atoms with E-state index in [0.717, 1.165) is 43.7 Å². The number of nitrogens with one attached hydrogen (secondary N) is 1. The minimum Gasteiger partial charge on any atom is -0.330 e. The quantitative estimate of drug-likeness (QED) is 0.681. The van der Waals surface area contributed by atoms with Gasteiger partial charge in [-0.15, -0.1) is 12.4 Å². The molecule has 3 N–H and O–H groups in total. The summed E-state index contributed by atoms with van der Waals surface area (Å²) in [5.41, 5.74) is 7.60. The van der Waals surface area contributed by atoms with E-state index in [9.17, 15) is 4.79 Å². The minimum absolute atomic E-state index is 0. The topological polar surface area (TPSA) is 55.1 Å². The van der Waals surface area contributed by atoms with Gasteiger partial charge in [-0.05, 0) is 43.3 Å². The summed E-state index contributed by atoms with van der Waals surface area (Å²) in [6.07, 6.45) is 6.87. The average Bonchev–Trinajstić information content (AvgIpc) is 2.41. The van der Waals surface area contributed by atoms with Crippen LogP contribution in [0.15, 0.2) is 24.3 Å². The van der Waals surface area contributed by atoms with Crippen molar-refractivity contribution >= 4 is 35.8 Å². The van der Waals surface area contributed by atoms with Gasteiger partial charge in [-0.2, -0.15) is 11.8 Å². The van der Waals surface area contributed by atoms with E-state index in [1.807, 2.05) is 12.1 Å². The first-order valence-electron chi connectivity index (χ1n) is 6.84. The van der Waals surface area contributed by atoms with Gasteiger partial charge in [-0.3, -0.25) is 4.79 Å². The van der Waals surface area contributed by atoms with Crippen LogP contribution < -0.4 is 11.1 Å². The predicted octanol–water partition coefficient (Wildman–Crippen LogP) is 3.82. The van der Waals surface area contributed by atoms with Gasteiger partial charge in [0.05, 0.1) is 0 Å². The average molecular weight is 317 g/mol. The maximum Gasteiger partial charge on any atom is 0.224 e. The standard InChI is InChI=1S/C15H24N2OS.ClH/c1-19-12-13-7-9-14(10-8-13)17-15(18)6-4-2-3-5-11-16;/h7-10H,2-6,11-12,16H2,1H3,(H,17,18);1H. The fourth-order valence-electron chi connectivity index (χ4n) is 1.86. The van der Waals surface area contributed by atoms with Gasteiger partial charge in [0.25, 0.3) is 0 Å². The third kappa shape index (κ3) is 8.46. The monoisotopic (exact) mass is 316 g/mol. The van der Waals surface area contributed by atoms with Crippen LogP contribution in [0.2, 0.25) is 0 Å². The molecule has 0 aliphatic carbocycles. The summed E-state index contributed by atoms with van der Waals surface area (Å²) in [4.78, 5) is 11.7. The van der Waals surface area contributed by atoms with Gasteiger partial charge in [0.2, 0.25) is 5.91 Å². The molecule has 0 radical (unpaired) electrons. The van der Waals surface area contributed by atoms with Crippen LogP contribution in [-0.2, 0) is 10.5 Å². The van der Waals surface area contributed by atoms with Crippen LogP contribution in [0.4, 0.5) is 5.69 Å². The van der Waals surface area contributed by atoms with Gasteiger partial charge in [-0.1, -0.05) is 25.0 Å². The van der Waals surface area contributed by atoms with Crippen molar-refractivity contribution in [2.45, 2.75) is 37.9 Å². The van der Waals surface area contributed by atoms with Gasteiger partial charge in [-0.25, -0.2) is 0 Å². The largest absolute Gasteiger partial charge is 0.330 e. The number of unbranched alkanes of at least 4 members (excludes halogenated alkanes) is 3. The highest BCUT2D eigenvalue weighted by Crippen LogP contribution is 2.14. The number of anilines is 1. The van der Waals surface area contributed by atoms with E-state index in [2.05, 4.69) is 23.7 Å². The molecule has 0 aliphatic rings. The minimum atomic E-state index is 0. The van der Waals surface area contributed by atoms with Crippen molar-refractivity contribution < 1.29 is 4.79 Å². The normalized spacial score (nSPS) is 9.90. The zero-order valence-corrected chi connectivity index (χ0v) is 13.7. The third-order valence-corrected chi connectivity index (χ3v) is 3.53. The van der Waals surface area contributed by atoms with Crippen molar-refractivity contribution in [2.24, 2.45) is 5.73 Å². The van der Waals surface area contributed by atoms with Crippen molar-refractivity contribution in [2.75, 3.05) is 18.1 Å². The molecule has 0 saturated heterocycles. The third-order valence-electron chi connectivity index (χ3n) is 2.91. The number of halogens is 1. The fraction of sp³-hybridized carbons (Fsp3) is 0.533. The molecular formula is C15H25ClN2OS. The number of carbonyl (C=O) groups excluding carboxylic acids is 1.